The molecule has 0 aromatic carbocycles. The Balaban J connectivity index is 2.52. The average Bonchev–Trinajstić information content (AvgIpc) is 2.30. The van der Waals surface area contributed by atoms with Gasteiger partial charge in [0.05, 0.1) is 13.2 Å². The third kappa shape index (κ3) is 1.21. The minimum absolute atomic E-state index is 0.0589. The number of nitrogens with zero attached hydrogens (tertiary/aromatic N) is 2. The zero-order valence-electron chi connectivity index (χ0n) is 6.24. The van der Waals surface area contributed by atoms with E-state index in [1.807, 2.05) is 11.9 Å². The number of aliphatic hydroxyl groups is 1. The van der Waals surface area contributed by atoms with E-state index in [9.17, 15) is 0 Å². The van der Waals surface area contributed by atoms with Crippen LogP contribution in [-0.2, 0) is 4.74 Å². The zero-order valence-corrected chi connectivity index (χ0v) is 6.24. The number of aliphatic hydroxyl groups excluding tert-OH is 1. The Morgan fingerprint density at radius 2 is 2.60 bits per heavy atom. The smallest absolute Gasteiger partial charge is 0.287 e. The third-order valence-electron chi connectivity index (χ3n) is 1.47. The van der Waals surface area contributed by atoms with Gasteiger partial charge in [-0.2, -0.15) is 0 Å². The minimum atomic E-state index is -0.0938. The van der Waals surface area contributed by atoms with Gasteiger partial charge in [0.15, 0.2) is 0 Å². The van der Waals surface area contributed by atoms with E-state index >= 15 is 0 Å². The van der Waals surface area contributed by atoms with Crippen LogP contribution in [0.4, 0.5) is 0 Å². The first-order chi connectivity index (χ1) is 4.77. The quantitative estimate of drug-likeness (QED) is 0.529. The van der Waals surface area contributed by atoms with Gasteiger partial charge < -0.3 is 14.7 Å². The molecule has 1 heterocycles. The average molecular weight is 144 g/mol. The SMILES string of the molecule is C/N=C1\OC(CO)CN1C. The van der Waals surface area contributed by atoms with Crippen LogP contribution in [0.15, 0.2) is 4.99 Å². The number of amidine groups is 1. The van der Waals surface area contributed by atoms with Gasteiger partial charge in [-0.15, -0.1) is 0 Å². The van der Waals surface area contributed by atoms with Crippen molar-refractivity contribution in [2.45, 2.75) is 6.10 Å². The lowest BCUT2D eigenvalue weighted by molar-refractivity contribution is 0.132. The summed E-state index contributed by atoms with van der Waals surface area (Å²) >= 11 is 0. The maximum absolute atomic E-state index is 8.69. The normalized spacial score (nSPS) is 29.3. The molecule has 0 bridgehead atoms. The fourth-order valence-corrected chi connectivity index (χ4v) is 0.978. The minimum Gasteiger partial charge on any atom is -0.458 e. The van der Waals surface area contributed by atoms with Crippen molar-refractivity contribution in [2.75, 3.05) is 27.2 Å². The van der Waals surface area contributed by atoms with E-state index < -0.39 is 0 Å². The highest BCUT2D eigenvalue weighted by Crippen LogP contribution is 2.07. The van der Waals surface area contributed by atoms with Crippen LogP contribution in [0.25, 0.3) is 0 Å². The van der Waals surface area contributed by atoms with Crippen molar-refractivity contribution in [1.82, 2.24) is 4.90 Å². The zero-order chi connectivity index (χ0) is 7.56. The lowest BCUT2D eigenvalue weighted by Gasteiger charge is -2.04. The molecule has 4 nitrogen and oxygen atoms in total. The van der Waals surface area contributed by atoms with Crippen LogP contribution in [0.1, 0.15) is 0 Å². The van der Waals surface area contributed by atoms with E-state index in [-0.39, 0.29) is 12.7 Å². The molecule has 1 aliphatic heterocycles. The number of hydrogen-bond donors (Lipinski definition) is 1. The Kier molecular flexibility index (Phi) is 2.11. The molecule has 1 N–H and O–H groups in total. The fourth-order valence-electron chi connectivity index (χ4n) is 0.978. The van der Waals surface area contributed by atoms with Crippen molar-refractivity contribution in [1.29, 1.82) is 0 Å². The van der Waals surface area contributed by atoms with Crippen molar-refractivity contribution in [3.8, 4) is 0 Å². The molecule has 1 rings (SSSR count). The summed E-state index contributed by atoms with van der Waals surface area (Å²) in [5, 5.41) is 8.69. The van der Waals surface area contributed by atoms with E-state index in [4.69, 9.17) is 9.84 Å². The maximum Gasteiger partial charge on any atom is 0.287 e. The Bertz CT molecular complexity index is 147. The van der Waals surface area contributed by atoms with Crippen LogP contribution in [0, 0.1) is 0 Å². The molecule has 10 heavy (non-hydrogen) atoms. The predicted octanol–water partition coefficient (Wildman–Crippen LogP) is -0.705. The van der Waals surface area contributed by atoms with Crippen LogP contribution in [0.5, 0.6) is 0 Å². The summed E-state index contributed by atoms with van der Waals surface area (Å²) in [5.41, 5.74) is 0. The number of aliphatic imine (C=N–C) groups is 1. The molecule has 4 heteroatoms. The van der Waals surface area contributed by atoms with Gasteiger partial charge >= 0.3 is 0 Å². The standard InChI is InChI=1S/C6H12N2O2/c1-7-6-8(2)3-5(4-9)10-6/h5,9H,3-4H2,1-2H3/b7-6-. The Morgan fingerprint density at radius 1 is 1.90 bits per heavy atom. The molecule has 1 fully saturated rings. The van der Waals surface area contributed by atoms with Crippen molar-refractivity contribution in [2.24, 2.45) is 4.99 Å². The monoisotopic (exact) mass is 144 g/mol. The molecule has 0 aliphatic carbocycles. The first-order valence-electron chi connectivity index (χ1n) is 3.23. The molecular formula is C6H12N2O2. The second kappa shape index (κ2) is 2.88. The highest BCUT2D eigenvalue weighted by molar-refractivity contribution is 5.75. The van der Waals surface area contributed by atoms with Gasteiger partial charge in [-0.3, -0.25) is 0 Å². The molecule has 1 saturated heterocycles. The molecule has 0 spiro atoms. The van der Waals surface area contributed by atoms with Crippen LogP contribution < -0.4 is 0 Å². The molecule has 0 saturated carbocycles. The van der Waals surface area contributed by atoms with Crippen molar-refractivity contribution < 1.29 is 9.84 Å². The number of rotatable bonds is 1. The summed E-state index contributed by atoms with van der Waals surface area (Å²) < 4.78 is 5.20. The van der Waals surface area contributed by atoms with E-state index in [0.717, 1.165) is 6.54 Å². The van der Waals surface area contributed by atoms with E-state index in [2.05, 4.69) is 4.99 Å². The van der Waals surface area contributed by atoms with Crippen molar-refractivity contribution >= 4 is 6.02 Å². The summed E-state index contributed by atoms with van der Waals surface area (Å²) in [7, 11) is 3.56. The summed E-state index contributed by atoms with van der Waals surface area (Å²) in [4.78, 5) is 5.75. The van der Waals surface area contributed by atoms with Crippen LogP contribution in [0.2, 0.25) is 0 Å². The summed E-state index contributed by atoms with van der Waals surface area (Å²) in [6.45, 7) is 0.784. The molecule has 0 amide bonds. The van der Waals surface area contributed by atoms with Gasteiger partial charge in [0.2, 0.25) is 0 Å². The molecule has 0 radical (unpaired) electrons. The van der Waals surface area contributed by atoms with Gasteiger partial charge in [0, 0.05) is 14.1 Å². The molecule has 58 valence electrons. The predicted molar refractivity (Wildman–Crippen MR) is 37.9 cm³/mol. The van der Waals surface area contributed by atoms with Crippen LogP contribution >= 0.6 is 0 Å². The second-order valence-electron chi connectivity index (χ2n) is 2.31. The second-order valence-corrected chi connectivity index (χ2v) is 2.31. The molecule has 1 aliphatic rings. The van der Waals surface area contributed by atoms with Gasteiger partial charge in [-0.1, -0.05) is 0 Å². The topological polar surface area (TPSA) is 45.1 Å². The summed E-state index contributed by atoms with van der Waals surface area (Å²) in [6.07, 6.45) is -0.0938. The molecule has 1 unspecified atom stereocenters. The van der Waals surface area contributed by atoms with Gasteiger partial charge in [-0.05, 0) is 0 Å². The largest absolute Gasteiger partial charge is 0.458 e. The molecule has 0 aromatic rings. The maximum atomic E-state index is 8.69. The number of likely N-dealkylation sites (N-methyl/N-ethyl adjacent to an activating group) is 1. The molecular weight excluding hydrogens is 132 g/mol. The van der Waals surface area contributed by atoms with Gasteiger partial charge in [0.1, 0.15) is 6.10 Å². The third-order valence-corrected chi connectivity index (χ3v) is 1.47. The Labute approximate surface area is 60.1 Å². The lowest BCUT2D eigenvalue weighted by atomic mass is 10.4. The number of hydrogen-bond acceptors (Lipinski definition) is 3. The van der Waals surface area contributed by atoms with Crippen molar-refractivity contribution in [3.05, 3.63) is 0 Å². The highest BCUT2D eigenvalue weighted by atomic mass is 16.5. The van der Waals surface area contributed by atoms with E-state index in [1.165, 1.54) is 0 Å². The fraction of sp³-hybridized carbons (Fsp3) is 0.833. The van der Waals surface area contributed by atoms with E-state index in [1.54, 1.807) is 7.05 Å². The van der Waals surface area contributed by atoms with Crippen molar-refractivity contribution in [3.63, 3.8) is 0 Å². The molecule has 0 aromatic heterocycles. The van der Waals surface area contributed by atoms with Crippen LogP contribution in [-0.4, -0.2) is 49.4 Å². The Hall–Kier alpha value is -0.770. The summed E-state index contributed by atoms with van der Waals surface area (Å²) in [5.74, 6) is 0. The molecule has 1 atom stereocenters. The summed E-state index contributed by atoms with van der Waals surface area (Å²) in [6, 6.07) is 0.610. The van der Waals surface area contributed by atoms with E-state index in [0.29, 0.717) is 6.02 Å². The van der Waals surface area contributed by atoms with Gasteiger partial charge in [0.25, 0.3) is 6.02 Å². The first-order valence-corrected chi connectivity index (χ1v) is 3.23. The first kappa shape index (κ1) is 7.34. The highest BCUT2D eigenvalue weighted by Gasteiger charge is 2.24. The van der Waals surface area contributed by atoms with Gasteiger partial charge in [-0.25, -0.2) is 4.99 Å². The Morgan fingerprint density at radius 3 is 2.90 bits per heavy atom. The van der Waals surface area contributed by atoms with Crippen LogP contribution in [0.3, 0.4) is 0 Å². The number of ether oxygens (including phenoxy) is 1. The lowest BCUT2D eigenvalue weighted by Crippen LogP contribution is -2.21.